The fraction of sp³-hybridized carbons (Fsp3) is 0.211. The first-order chi connectivity index (χ1) is 12.1. The number of carbonyl (C=O) groups excluding carboxylic acids is 1. The predicted molar refractivity (Wildman–Crippen MR) is 98.1 cm³/mol. The van der Waals surface area contributed by atoms with Crippen molar-refractivity contribution in [2.45, 2.75) is 25.8 Å². The summed E-state index contributed by atoms with van der Waals surface area (Å²) in [4.78, 5) is 12.3. The number of halogens is 1. The molecule has 0 radical (unpaired) electrons. The Bertz CT molecular complexity index is 830. The van der Waals surface area contributed by atoms with E-state index in [0.717, 1.165) is 18.5 Å². The molecule has 0 saturated carbocycles. The number of hydrogen-bond donors (Lipinski definition) is 1. The quantitative estimate of drug-likeness (QED) is 0.734. The highest BCUT2D eigenvalue weighted by Gasteiger charge is 2.14. The van der Waals surface area contributed by atoms with Crippen molar-refractivity contribution in [1.29, 1.82) is 0 Å². The van der Waals surface area contributed by atoms with Crippen molar-refractivity contribution < 1.29 is 4.79 Å². The van der Waals surface area contributed by atoms with Crippen molar-refractivity contribution in [1.82, 2.24) is 20.3 Å². The minimum Gasteiger partial charge on any atom is -0.348 e. The van der Waals surface area contributed by atoms with E-state index in [4.69, 9.17) is 11.6 Å². The largest absolute Gasteiger partial charge is 0.348 e. The lowest BCUT2D eigenvalue weighted by Crippen LogP contribution is -2.33. The van der Waals surface area contributed by atoms with Crippen LogP contribution in [-0.4, -0.2) is 26.9 Å². The van der Waals surface area contributed by atoms with Gasteiger partial charge in [0, 0.05) is 11.1 Å². The summed E-state index contributed by atoms with van der Waals surface area (Å²) < 4.78 is 1.56. The van der Waals surface area contributed by atoms with E-state index < -0.39 is 0 Å². The maximum absolute atomic E-state index is 12.3. The van der Waals surface area contributed by atoms with Crippen molar-refractivity contribution in [3.63, 3.8) is 0 Å². The maximum atomic E-state index is 12.3. The normalized spacial score (nSPS) is 11.9. The van der Waals surface area contributed by atoms with Crippen LogP contribution in [0, 0.1) is 0 Å². The van der Waals surface area contributed by atoms with Gasteiger partial charge in [-0.2, -0.15) is 0 Å². The molecule has 1 atom stereocenters. The number of nitrogens with one attached hydrogen (secondary N) is 1. The average molecular weight is 355 g/mol. The van der Waals surface area contributed by atoms with Crippen LogP contribution in [0.3, 0.4) is 0 Å². The van der Waals surface area contributed by atoms with E-state index in [9.17, 15) is 4.79 Å². The molecule has 0 aliphatic rings. The van der Waals surface area contributed by atoms with E-state index in [1.54, 1.807) is 23.0 Å². The molecule has 2 aromatic carbocycles. The SMILES string of the molecule is C[C@@H](CCc1ccccc1)NC(=O)c1cn(-c2ccc(Cl)cc2)nn1. The van der Waals surface area contributed by atoms with E-state index in [1.807, 2.05) is 37.3 Å². The van der Waals surface area contributed by atoms with Crippen LogP contribution in [0.2, 0.25) is 5.02 Å². The van der Waals surface area contributed by atoms with E-state index in [0.29, 0.717) is 10.7 Å². The van der Waals surface area contributed by atoms with Gasteiger partial charge < -0.3 is 5.32 Å². The van der Waals surface area contributed by atoms with Crippen LogP contribution in [-0.2, 0) is 6.42 Å². The average Bonchev–Trinajstić information content (AvgIpc) is 3.12. The van der Waals surface area contributed by atoms with E-state index in [1.165, 1.54) is 5.56 Å². The minimum absolute atomic E-state index is 0.0494. The number of aromatic nitrogens is 3. The van der Waals surface area contributed by atoms with Crippen molar-refractivity contribution >= 4 is 17.5 Å². The second kappa shape index (κ2) is 7.94. The van der Waals surface area contributed by atoms with E-state index >= 15 is 0 Å². The summed E-state index contributed by atoms with van der Waals surface area (Å²) in [7, 11) is 0. The van der Waals surface area contributed by atoms with Gasteiger partial charge in [-0.25, -0.2) is 4.68 Å². The molecule has 1 N–H and O–H groups in total. The zero-order valence-electron chi connectivity index (χ0n) is 13.9. The zero-order valence-corrected chi connectivity index (χ0v) is 14.6. The molecule has 0 saturated heterocycles. The van der Waals surface area contributed by atoms with Gasteiger partial charge in [-0.3, -0.25) is 4.79 Å². The molecular weight excluding hydrogens is 336 g/mol. The molecule has 1 amide bonds. The van der Waals surface area contributed by atoms with Gasteiger partial charge in [0.2, 0.25) is 0 Å². The summed E-state index contributed by atoms with van der Waals surface area (Å²) in [5.41, 5.74) is 2.35. The summed E-state index contributed by atoms with van der Waals surface area (Å²) in [6.07, 6.45) is 3.39. The van der Waals surface area contributed by atoms with Gasteiger partial charge in [-0.1, -0.05) is 47.1 Å². The number of carbonyl (C=O) groups is 1. The molecule has 3 rings (SSSR count). The lowest BCUT2D eigenvalue weighted by atomic mass is 10.1. The molecule has 128 valence electrons. The Morgan fingerprint density at radius 3 is 2.60 bits per heavy atom. The fourth-order valence-electron chi connectivity index (χ4n) is 2.49. The lowest BCUT2D eigenvalue weighted by Gasteiger charge is -2.12. The number of amides is 1. The molecule has 0 spiro atoms. The first kappa shape index (κ1) is 17.2. The van der Waals surface area contributed by atoms with Gasteiger partial charge in [0.1, 0.15) is 0 Å². The van der Waals surface area contributed by atoms with Crippen LogP contribution in [0.1, 0.15) is 29.4 Å². The van der Waals surface area contributed by atoms with Crippen molar-refractivity contribution in [3.05, 3.63) is 77.1 Å². The summed E-state index contributed by atoms with van der Waals surface area (Å²) in [5.74, 6) is -0.222. The molecule has 6 heteroatoms. The van der Waals surface area contributed by atoms with Crippen LogP contribution in [0.5, 0.6) is 0 Å². The number of aryl methyl sites for hydroxylation is 1. The third-order valence-electron chi connectivity index (χ3n) is 3.90. The minimum atomic E-state index is -0.222. The van der Waals surface area contributed by atoms with Crippen molar-refractivity contribution in [2.24, 2.45) is 0 Å². The van der Waals surface area contributed by atoms with Crippen LogP contribution in [0.4, 0.5) is 0 Å². The topological polar surface area (TPSA) is 59.8 Å². The molecule has 0 aliphatic heterocycles. The standard InChI is InChI=1S/C19H19ClN4O/c1-14(7-8-15-5-3-2-4-6-15)21-19(25)18-13-24(23-22-18)17-11-9-16(20)10-12-17/h2-6,9-14H,7-8H2,1H3,(H,21,25)/t14-/m0/s1. The smallest absolute Gasteiger partial charge is 0.273 e. The molecule has 1 aromatic heterocycles. The molecule has 0 fully saturated rings. The summed E-state index contributed by atoms with van der Waals surface area (Å²) in [6.45, 7) is 1.99. The Morgan fingerprint density at radius 1 is 1.16 bits per heavy atom. The first-order valence-electron chi connectivity index (χ1n) is 8.15. The van der Waals surface area contributed by atoms with Gasteiger partial charge in [-0.15, -0.1) is 5.10 Å². The predicted octanol–water partition coefficient (Wildman–Crippen LogP) is 3.67. The second-order valence-corrected chi connectivity index (χ2v) is 6.36. The van der Waals surface area contributed by atoms with Gasteiger partial charge in [-0.05, 0) is 49.6 Å². The third-order valence-corrected chi connectivity index (χ3v) is 4.16. The second-order valence-electron chi connectivity index (χ2n) is 5.92. The number of rotatable bonds is 6. The highest BCUT2D eigenvalue weighted by molar-refractivity contribution is 6.30. The summed E-state index contributed by atoms with van der Waals surface area (Å²) in [6, 6.07) is 17.4. The van der Waals surface area contributed by atoms with Gasteiger partial charge >= 0.3 is 0 Å². The van der Waals surface area contributed by atoms with Crippen molar-refractivity contribution in [3.8, 4) is 5.69 Å². The summed E-state index contributed by atoms with van der Waals surface area (Å²) in [5, 5.41) is 11.6. The molecule has 5 nitrogen and oxygen atoms in total. The van der Waals surface area contributed by atoms with Crippen LogP contribution >= 0.6 is 11.6 Å². The Hall–Kier alpha value is -2.66. The molecule has 3 aromatic rings. The number of nitrogens with zero attached hydrogens (tertiary/aromatic N) is 3. The zero-order chi connectivity index (χ0) is 17.6. The van der Waals surface area contributed by atoms with Crippen LogP contribution in [0.25, 0.3) is 5.69 Å². The molecule has 0 bridgehead atoms. The molecule has 0 unspecified atom stereocenters. The Kier molecular flexibility index (Phi) is 5.46. The number of hydrogen-bond acceptors (Lipinski definition) is 3. The maximum Gasteiger partial charge on any atom is 0.273 e. The van der Waals surface area contributed by atoms with Crippen LogP contribution < -0.4 is 5.32 Å². The van der Waals surface area contributed by atoms with Crippen molar-refractivity contribution in [2.75, 3.05) is 0 Å². The Labute approximate surface area is 151 Å². The molecular formula is C19H19ClN4O. The van der Waals surface area contributed by atoms with Gasteiger partial charge in [0.25, 0.3) is 5.91 Å². The molecule has 1 heterocycles. The highest BCUT2D eigenvalue weighted by atomic mass is 35.5. The highest BCUT2D eigenvalue weighted by Crippen LogP contribution is 2.13. The van der Waals surface area contributed by atoms with E-state index in [2.05, 4.69) is 27.8 Å². The summed E-state index contributed by atoms with van der Waals surface area (Å²) >= 11 is 5.88. The Balaban J connectivity index is 1.57. The first-order valence-corrected chi connectivity index (χ1v) is 8.53. The fourth-order valence-corrected chi connectivity index (χ4v) is 2.61. The lowest BCUT2D eigenvalue weighted by molar-refractivity contribution is 0.0933. The third kappa shape index (κ3) is 4.67. The van der Waals surface area contributed by atoms with Gasteiger partial charge in [0.15, 0.2) is 5.69 Å². The Morgan fingerprint density at radius 2 is 1.88 bits per heavy atom. The van der Waals surface area contributed by atoms with Crippen LogP contribution in [0.15, 0.2) is 60.8 Å². The van der Waals surface area contributed by atoms with E-state index in [-0.39, 0.29) is 11.9 Å². The number of benzene rings is 2. The molecule has 0 aliphatic carbocycles. The molecule has 25 heavy (non-hydrogen) atoms. The monoisotopic (exact) mass is 354 g/mol. The van der Waals surface area contributed by atoms with Gasteiger partial charge in [0.05, 0.1) is 11.9 Å².